The third kappa shape index (κ3) is 1.81. The number of hydrogen-bond acceptors (Lipinski definition) is 2. The van der Waals surface area contributed by atoms with Crippen LogP contribution in [0.15, 0.2) is 12.4 Å². The average molecular weight is 162 g/mol. The van der Waals surface area contributed by atoms with Gasteiger partial charge in [0.15, 0.2) is 0 Å². The summed E-state index contributed by atoms with van der Waals surface area (Å²) in [7, 11) is 0. The maximum Gasteiger partial charge on any atom is 0.0589 e. The van der Waals surface area contributed by atoms with E-state index in [0.29, 0.717) is 0 Å². The van der Waals surface area contributed by atoms with Gasteiger partial charge in [-0.15, -0.1) is 0 Å². The molecule has 1 saturated carbocycles. The van der Waals surface area contributed by atoms with E-state index in [1.54, 1.807) is 0 Å². The molecule has 0 amide bonds. The van der Waals surface area contributed by atoms with Gasteiger partial charge in [0.05, 0.1) is 11.4 Å². The standard InChI is InChI=1S/C10H14N2/c1-2-9-6-12-10(7-11-9)5-8-3-4-8/h6-8H,2-5H2,1H3. The van der Waals surface area contributed by atoms with Crippen molar-refractivity contribution in [2.45, 2.75) is 32.6 Å². The van der Waals surface area contributed by atoms with Crippen LogP contribution in [-0.4, -0.2) is 9.97 Å². The van der Waals surface area contributed by atoms with Crippen LogP contribution in [0.5, 0.6) is 0 Å². The fraction of sp³-hybridized carbons (Fsp3) is 0.600. The third-order valence-corrected chi connectivity index (χ3v) is 2.32. The van der Waals surface area contributed by atoms with Crippen LogP contribution < -0.4 is 0 Å². The molecule has 2 heteroatoms. The van der Waals surface area contributed by atoms with E-state index in [4.69, 9.17) is 0 Å². The van der Waals surface area contributed by atoms with Gasteiger partial charge in [0.2, 0.25) is 0 Å². The van der Waals surface area contributed by atoms with Crippen LogP contribution in [0.4, 0.5) is 0 Å². The zero-order valence-corrected chi connectivity index (χ0v) is 7.45. The molecule has 1 aliphatic carbocycles. The molecule has 0 bridgehead atoms. The first-order chi connectivity index (χ1) is 5.88. The number of rotatable bonds is 3. The maximum atomic E-state index is 4.37. The summed E-state index contributed by atoms with van der Waals surface area (Å²) in [6, 6.07) is 0. The molecular formula is C10H14N2. The molecule has 0 saturated heterocycles. The molecule has 2 rings (SSSR count). The Morgan fingerprint density at radius 1 is 1.25 bits per heavy atom. The fourth-order valence-corrected chi connectivity index (χ4v) is 1.29. The summed E-state index contributed by atoms with van der Waals surface area (Å²) >= 11 is 0. The molecule has 12 heavy (non-hydrogen) atoms. The first kappa shape index (κ1) is 7.71. The molecular weight excluding hydrogens is 148 g/mol. The van der Waals surface area contributed by atoms with E-state index in [9.17, 15) is 0 Å². The first-order valence-electron chi connectivity index (χ1n) is 4.68. The molecule has 1 heterocycles. The predicted molar refractivity (Wildman–Crippen MR) is 47.8 cm³/mol. The van der Waals surface area contributed by atoms with Crippen molar-refractivity contribution in [1.29, 1.82) is 0 Å². The van der Waals surface area contributed by atoms with Crippen LogP contribution in [0.2, 0.25) is 0 Å². The fourth-order valence-electron chi connectivity index (χ4n) is 1.29. The third-order valence-electron chi connectivity index (χ3n) is 2.32. The van der Waals surface area contributed by atoms with Gasteiger partial charge in [-0.05, 0) is 31.6 Å². The largest absolute Gasteiger partial charge is 0.258 e. The second-order valence-electron chi connectivity index (χ2n) is 3.50. The molecule has 1 aliphatic rings. The number of nitrogens with zero attached hydrogens (tertiary/aromatic N) is 2. The van der Waals surface area contributed by atoms with Crippen LogP contribution in [0.3, 0.4) is 0 Å². The molecule has 0 atom stereocenters. The molecule has 1 fully saturated rings. The van der Waals surface area contributed by atoms with Crippen molar-refractivity contribution in [3.63, 3.8) is 0 Å². The Morgan fingerprint density at radius 2 is 1.92 bits per heavy atom. The molecule has 2 nitrogen and oxygen atoms in total. The van der Waals surface area contributed by atoms with Crippen molar-refractivity contribution in [2.75, 3.05) is 0 Å². The van der Waals surface area contributed by atoms with Gasteiger partial charge >= 0.3 is 0 Å². The highest BCUT2D eigenvalue weighted by molar-refractivity contribution is 5.04. The van der Waals surface area contributed by atoms with E-state index >= 15 is 0 Å². The van der Waals surface area contributed by atoms with E-state index in [1.165, 1.54) is 12.8 Å². The number of hydrogen-bond donors (Lipinski definition) is 0. The van der Waals surface area contributed by atoms with E-state index in [0.717, 1.165) is 30.1 Å². The Morgan fingerprint density at radius 3 is 2.42 bits per heavy atom. The average Bonchev–Trinajstić information content (AvgIpc) is 2.90. The number of aryl methyl sites for hydroxylation is 1. The minimum Gasteiger partial charge on any atom is -0.258 e. The molecule has 0 spiro atoms. The summed E-state index contributed by atoms with van der Waals surface area (Å²) in [6.45, 7) is 2.10. The molecule has 0 N–H and O–H groups in total. The maximum absolute atomic E-state index is 4.37. The Balaban J connectivity index is 2.02. The van der Waals surface area contributed by atoms with Crippen molar-refractivity contribution in [2.24, 2.45) is 5.92 Å². The highest BCUT2D eigenvalue weighted by atomic mass is 14.8. The summed E-state index contributed by atoms with van der Waals surface area (Å²) < 4.78 is 0. The van der Waals surface area contributed by atoms with E-state index < -0.39 is 0 Å². The molecule has 0 radical (unpaired) electrons. The lowest BCUT2D eigenvalue weighted by molar-refractivity contribution is 0.790. The van der Waals surface area contributed by atoms with Gasteiger partial charge in [-0.25, -0.2) is 0 Å². The lowest BCUT2D eigenvalue weighted by atomic mass is 10.2. The Kier molecular flexibility index (Phi) is 2.07. The molecule has 0 aliphatic heterocycles. The van der Waals surface area contributed by atoms with Crippen LogP contribution in [0, 0.1) is 5.92 Å². The normalized spacial score (nSPS) is 16.4. The highest BCUT2D eigenvalue weighted by Gasteiger charge is 2.21. The van der Waals surface area contributed by atoms with E-state index in [-0.39, 0.29) is 0 Å². The topological polar surface area (TPSA) is 25.8 Å². The molecule has 1 aromatic rings. The summed E-state index contributed by atoms with van der Waals surface area (Å²) in [5.41, 5.74) is 2.25. The van der Waals surface area contributed by atoms with Gasteiger partial charge in [0.25, 0.3) is 0 Å². The summed E-state index contributed by atoms with van der Waals surface area (Å²) in [5, 5.41) is 0. The smallest absolute Gasteiger partial charge is 0.0589 e. The molecule has 0 unspecified atom stereocenters. The minimum atomic E-state index is 0.909. The van der Waals surface area contributed by atoms with Gasteiger partial charge in [-0.3, -0.25) is 9.97 Å². The number of aromatic nitrogens is 2. The zero-order valence-electron chi connectivity index (χ0n) is 7.45. The van der Waals surface area contributed by atoms with Crippen molar-refractivity contribution in [1.82, 2.24) is 9.97 Å². The quantitative estimate of drug-likeness (QED) is 0.679. The lowest BCUT2D eigenvalue weighted by Gasteiger charge is -1.98. The van der Waals surface area contributed by atoms with Gasteiger partial charge in [-0.1, -0.05) is 6.92 Å². The zero-order chi connectivity index (χ0) is 8.39. The van der Waals surface area contributed by atoms with Crippen LogP contribution >= 0.6 is 0 Å². The minimum absolute atomic E-state index is 0.909. The van der Waals surface area contributed by atoms with Crippen molar-refractivity contribution in [3.8, 4) is 0 Å². The summed E-state index contributed by atoms with van der Waals surface area (Å²) in [6.07, 6.45) is 8.72. The van der Waals surface area contributed by atoms with Crippen molar-refractivity contribution in [3.05, 3.63) is 23.8 Å². The van der Waals surface area contributed by atoms with Crippen LogP contribution in [0.25, 0.3) is 0 Å². The summed E-state index contributed by atoms with van der Waals surface area (Å²) in [4.78, 5) is 8.68. The Bertz CT molecular complexity index is 249. The SMILES string of the molecule is CCc1cnc(CC2CC2)cn1. The lowest BCUT2D eigenvalue weighted by Crippen LogP contribution is -1.95. The first-order valence-corrected chi connectivity index (χ1v) is 4.68. The summed E-state index contributed by atoms with van der Waals surface area (Å²) in [5.74, 6) is 0.909. The van der Waals surface area contributed by atoms with Gasteiger partial charge in [0, 0.05) is 12.4 Å². The van der Waals surface area contributed by atoms with Gasteiger partial charge in [0.1, 0.15) is 0 Å². The van der Waals surface area contributed by atoms with Crippen molar-refractivity contribution >= 4 is 0 Å². The second-order valence-corrected chi connectivity index (χ2v) is 3.50. The Labute approximate surface area is 73.1 Å². The van der Waals surface area contributed by atoms with Crippen LogP contribution in [-0.2, 0) is 12.8 Å². The highest BCUT2D eigenvalue weighted by Crippen LogP contribution is 2.31. The predicted octanol–water partition coefficient (Wildman–Crippen LogP) is 1.99. The van der Waals surface area contributed by atoms with E-state index in [2.05, 4.69) is 16.9 Å². The van der Waals surface area contributed by atoms with Crippen molar-refractivity contribution < 1.29 is 0 Å². The van der Waals surface area contributed by atoms with Crippen LogP contribution in [0.1, 0.15) is 31.2 Å². The van der Waals surface area contributed by atoms with E-state index in [1.807, 2.05) is 12.4 Å². The van der Waals surface area contributed by atoms with Gasteiger partial charge in [-0.2, -0.15) is 0 Å². The molecule has 64 valence electrons. The van der Waals surface area contributed by atoms with Gasteiger partial charge < -0.3 is 0 Å². The monoisotopic (exact) mass is 162 g/mol. The molecule has 1 aromatic heterocycles. The Hall–Kier alpha value is -0.920. The molecule has 0 aromatic carbocycles. The second kappa shape index (κ2) is 3.21.